The number of rotatable bonds is 4. The van der Waals surface area contributed by atoms with E-state index in [1.165, 1.54) is 6.42 Å². The molecular weight excluding hydrogens is 392 g/mol. The zero-order chi connectivity index (χ0) is 21.4. The van der Waals surface area contributed by atoms with Gasteiger partial charge in [-0.3, -0.25) is 9.59 Å². The van der Waals surface area contributed by atoms with E-state index >= 15 is 0 Å². The number of fused-ring (bicyclic) bond motifs is 2. The van der Waals surface area contributed by atoms with Gasteiger partial charge in [-0.15, -0.1) is 0 Å². The summed E-state index contributed by atoms with van der Waals surface area (Å²) >= 11 is 0. The molecule has 5 rings (SSSR count). The van der Waals surface area contributed by atoms with Crippen LogP contribution in [0.15, 0.2) is 30.5 Å². The van der Waals surface area contributed by atoms with Crippen molar-refractivity contribution >= 4 is 23.3 Å². The van der Waals surface area contributed by atoms with Gasteiger partial charge in [0.15, 0.2) is 11.6 Å². The van der Waals surface area contributed by atoms with E-state index in [0.29, 0.717) is 31.0 Å². The molecule has 31 heavy (non-hydrogen) atoms. The maximum absolute atomic E-state index is 12.9. The SMILES string of the molecule is CCCN1Cc2cc(N3CCOc4cc(C(=O)N5CCCCC5)cnc43)ccc2C1=O. The van der Waals surface area contributed by atoms with Gasteiger partial charge in [-0.1, -0.05) is 6.92 Å². The van der Waals surface area contributed by atoms with Crippen molar-refractivity contribution in [3.63, 3.8) is 0 Å². The fourth-order valence-electron chi connectivity index (χ4n) is 4.73. The van der Waals surface area contributed by atoms with Crippen molar-refractivity contribution in [1.29, 1.82) is 0 Å². The number of benzene rings is 1. The Bertz CT molecular complexity index is 1020. The third-order valence-electron chi connectivity index (χ3n) is 6.32. The molecule has 0 radical (unpaired) electrons. The molecule has 0 aliphatic carbocycles. The van der Waals surface area contributed by atoms with Crippen LogP contribution in [0.4, 0.5) is 11.5 Å². The number of hydrogen-bond donors (Lipinski definition) is 0. The van der Waals surface area contributed by atoms with Gasteiger partial charge in [0.25, 0.3) is 11.8 Å². The minimum absolute atomic E-state index is 0.0304. The van der Waals surface area contributed by atoms with Crippen molar-refractivity contribution in [2.24, 2.45) is 0 Å². The summed E-state index contributed by atoms with van der Waals surface area (Å²) in [5.41, 5.74) is 3.43. The monoisotopic (exact) mass is 420 g/mol. The molecule has 0 bridgehead atoms. The van der Waals surface area contributed by atoms with E-state index in [9.17, 15) is 9.59 Å². The van der Waals surface area contributed by atoms with E-state index in [1.807, 2.05) is 28.0 Å². The predicted octanol–water partition coefficient (Wildman–Crippen LogP) is 3.60. The molecule has 1 aromatic heterocycles. The van der Waals surface area contributed by atoms with Gasteiger partial charge >= 0.3 is 0 Å². The van der Waals surface area contributed by atoms with Crippen LogP contribution in [0.3, 0.4) is 0 Å². The van der Waals surface area contributed by atoms with Crippen LogP contribution in [0.25, 0.3) is 0 Å². The second kappa shape index (κ2) is 8.21. The van der Waals surface area contributed by atoms with Gasteiger partial charge in [0.05, 0.1) is 12.1 Å². The highest BCUT2D eigenvalue weighted by molar-refractivity contribution is 5.99. The number of amides is 2. The smallest absolute Gasteiger partial charge is 0.255 e. The van der Waals surface area contributed by atoms with Crippen LogP contribution in [-0.4, -0.2) is 59.4 Å². The Hall–Kier alpha value is -3.09. The van der Waals surface area contributed by atoms with Crippen LogP contribution in [0.2, 0.25) is 0 Å². The Morgan fingerprint density at radius 2 is 1.97 bits per heavy atom. The molecule has 7 nitrogen and oxygen atoms in total. The second-order valence-electron chi connectivity index (χ2n) is 8.47. The number of nitrogens with zero attached hydrogens (tertiary/aromatic N) is 4. The fraction of sp³-hybridized carbons (Fsp3) is 0.458. The number of carbonyl (C=O) groups is 2. The molecule has 4 heterocycles. The third kappa shape index (κ3) is 3.62. The number of carbonyl (C=O) groups excluding carboxylic acids is 2. The molecule has 0 N–H and O–H groups in total. The molecule has 0 atom stereocenters. The molecular formula is C24H28N4O3. The summed E-state index contributed by atoms with van der Waals surface area (Å²) in [7, 11) is 0. The molecule has 0 spiro atoms. The first-order valence-electron chi connectivity index (χ1n) is 11.3. The summed E-state index contributed by atoms with van der Waals surface area (Å²) in [5, 5.41) is 0. The largest absolute Gasteiger partial charge is 0.488 e. The van der Waals surface area contributed by atoms with Crippen LogP contribution < -0.4 is 9.64 Å². The van der Waals surface area contributed by atoms with Gasteiger partial charge < -0.3 is 19.4 Å². The van der Waals surface area contributed by atoms with E-state index in [2.05, 4.69) is 22.9 Å². The molecule has 162 valence electrons. The summed E-state index contributed by atoms with van der Waals surface area (Å²) in [4.78, 5) is 36.0. The van der Waals surface area contributed by atoms with E-state index in [0.717, 1.165) is 61.5 Å². The van der Waals surface area contributed by atoms with Gasteiger partial charge in [0, 0.05) is 43.6 Å². The van der Waals surface area contributed by atoms with E-state index in [4.69, 9.17) is 4.74 Å². The Morgan fingerprint density at radius 3 is 2.77 bits per heavy atom. The van der Waals surface area contributed by atoms with Crippen molar-refractivity contribution in [3.05, 3.63) is 47.2 Å². The maximum atomic E-state index is 12.9. The number of ether oxygens (including phenoxy) is 1. The number of piperidine rings is 1. The molecule has 7 heteroatoms. The minimum atomic E-state index is 0.0304. The minimum Gasteiger partial charge on any atom is -0.488 e. The maximum Gasteiger partial charge on any atom is 0.255 e. The molecule has 1 fully saturated rings. The van der Waals surface area contributed by atoms with Crippen LogP contribution in [0.5, 0.6) is 5.75 Å². The van der Waals surface area contributed by atoms with Crippen molar-refractivity contribution < 1.29 is 14.3 Å². The number of pyridine rings is 1. The van der Waals surface area contributed by atoms with Crippen LogP contribution >= 0.6 is 0 Å². The summed E-state index contributed by atoms with van der Waals surface area (Å²) < 4.78 is 5.87. The highest BCUT2D eigenvalue weighted by atomic mass is 16.5. The highest BCUT2D eigenvalue weighted by Crippen LogP contribution is 2.37. The van der Waals surface area contributed by atoms with E-state index in [1.54, 1.807) is 6.20 Å². The first-order chi connectivity index (χ1) is 15.2. The summed E-state index contributed by atoms with van der Waals surface area (Å²) in [6.07, 6.45) is 5.92. The normalized spacial score (nSPS) is 18.0. The molecule has 3 aliphatic rings. The Balaban J connectivity index is 1.41. The molecule has 2 amide bonds. The van der Waals surface area contributed by atoms with Crippen molar-refractivity contribution in [2.75, 3.05) is 37.7 Å². The number of anilines is 2. The quantitative estimate of drug-likeness (QED) is 0.756. The lowest BCUT2D eigenvalue weighted by Gasteiger charge is -2.31. The molecule has 3 aliphatic heterocycles. The average Bonchev–Trinajstić information content (AvgIpc) is 3.13. The lowest BCUT2D eigenvalue weighted by atomic mass is 10.1. The average molecular weight is 421 g/mol. The molecule has 2 aromatic rings. The summed E-state index contributed by atoms with van der Waals surface area (Å²) in [6.45, 7) is 6.33. The van der Waals surface area contributed by atoms with Crippen molar-refractivity contribution in [3.8, 4) is 5.75 Å². The van der Waals surface area contributed by atoms with Crippen LogP contribution in [0.1, 0.15) is 58.9 Å². The molecule has 1 aromatic carbocycles. The van der Waals surface area contributed by atoms with Gasteiger partial charge in [-0.2, -0.15) is 0 Å². The zero-order valence-electron chi connectivity index (χ0n) is 18.0. The second-order valence-corrected chi connectivity index (χ2v) is 8.47. The Labute approximate surface area is 182 Å². The highest BCUT2D eigenvalue weighted by Gasteiger charge is 2.29. The summed E-state index contributed by atoms with van der Waals surface area (Å²) in [5.74, 6) is 1.50. The topological polar surface area (TPSA) is 66.0 Å². The van der Waals surface area contributed by atoms with Crippen molar-refractivity contribution in [2.45, 2.75) is 39.2 Å². The van der Waals surface area contributed by atoms with Gasteiger partial charge in [-0.25, -0.2) is 4.98 Å². The lowest BCUT2D eigenvalue weighted by Crippen LogP contribution is -2.36. The fourth-order valence-corrected chi connectivity index (χ4v) is 4.73. The Morgan fingerprint density at radius 1 is 1.13 bits per heavy atom. The number of likely N-dealkylation sites (tertiary alicyclic amines) is 1. The first-order valence-corrected chi connectivity index (χ1v) is 11.3. The molecule has 0 saturated carbocycles. The van der Waals surface area contributed by atoms with E-state index in [-0.39, 0.29) is 11.8 Å². The predicted molar refractivity (Wildman–Crippen MR) is 118 cm³/mol. The van der Waals surface area contributed by atoms with Crippen LogP contribution in [-0.2, 0) is 6.54 Å². The van der Waals surface area contributed by atoms with E-state index < -0.39 is 0 Å². The first kappa shape index (κ1) is 19.8. The van der Waals surface area contributed by atoms with Gasteiger partial charge in [0.2, 0.25) is 0 Å². The summed E-state index contributed by atoms with van der Waals surface area (Å²) in [6, 6.07) is 7.82. The standard InChI is InChI=1S/C24H28N4O3/c1-2-8-27-16-18-13-19(6-7-20(18)24(27)30)28-11-12-31-21-14-17(15-25-22(21)28)23(29)26-9-4-3-5-10-26/h6-7,13-15H,2-5,8-12,16H2,1H3. The van der Waals surface area contributed by atoms with Crippen LogP contribution in [0, 0.1) is 0 Å². The lowest BCUT2D eigenvalue weighted by molar-refractivity contribution is 0.0722. The number of hydrogen-bond acceptors (Lipinski definition) is 5. The molecule has 1 saturated heterocycles. The van der Waals surface area contributed by atoms with Gasteiger partial charge in [0.1, 0.15) is 6.61 Å². The van der Waals surface area contributed by atoms with Crippen molar-refractivity contribution in [1.82, 2.24) is 14.8 Å². The van der Waals surface area contributed by atoms with Gasteiger partial charge in [-0.05, 0) is 55.5 Å². The zero-order valence-corrected chi connectivity index (χ0v) is 18.0. The Kier molecular flexibility index (Phi) is 5.26. The number of aromatic nitrogens is 1. The molecule has 0 unspecified atom stereocenters. The third-order valence-corrected chi connectivity index (χ3v) is 6.32.